The number of allylic oxidation sites excluding steroid dienone is 9. The minimum atomic E-state index is -1.99. The van der Waals surface area contributed by atoms with Crippen molar-refractivity contribution in [1.82, 2.24) is 5.32 Å². The molecule has 19 heteroatoms. The van der Waals surface area contributed by atoms with Gasteiger partial charge in [0.1, 0.15) is 73.2 Å². The summed E-state index contributed by atoms with van der Waals surface area (Å²) in [6, 6.07) is -1.00. The van der Waals surface area contributed by atoms with Crippen LogP contribution in [0.4, 0.5) is 0 Å². The Morgan fingerprint density at radius 1 is 0.375 bits per heavy atom. The smallest absolute Gasteiger partial charge is 0.220 e. The molecule has 12 N–H and O–H groups in total. The largest absolute Gasteiger partial charge is 0.394 e. The number of aliphatic hydroxyl groups excluding tert-OH is 11. The molecule has 0 radical (unpaired) electrons. The molecule has 0 aromatic heterocycles. The molecule has 0 bridgehead atoms. The fourth-order valence-corrected chi connectivity index (χ4v) is 12.8. The molecule has 560 valence electrons. The van der Waals surface area contributed by atoms with E-state index in [1.165, 1.54) is 193 Å². The predicted octanol–water partition coefficient (Wildman–Crippen LogP) is 11.9. The van der Waals surface area contributed by atoms with Crippen molar-refractivity contribution in [3.63, 3.8) is 0 Å². The van der Waals surface area contributed by atoms with Crippen LogP contribution in [0.1, 0.15) is 290 Å². The summed E-state index contributed by atoms with van der Waals surface area (Å²) < 4.78 is 34.4. The molecule has 0 spiro atoms. The van der Waals surface area contributed by atoms with Gasteiger partial charge in [-0.15, -0.1) is 0 Å². The van der Waals surface area contributed by atoms with Gasteiger partial charge in [-0.3, -0.25) is 4.79 Å². The number of hydrogen-bond donors (Lipinski definition) is 12. The van der Waals surface area contributed by atoms with Crippen LogP contribution < -0.4 is 5.32 Å². The second-order valence-electron chi connectivity index (χ2n) is 27.4. The lowest BCUT2D eigenvalue weighted by atomic mass is 9.96. The average molecular weight is 1370 g/mol. The minimum Gasteiger partial charge on any atom is -0.394 e. The standard InChI is InChI=1S/C77H139NO18/c1-3-5-7-9-11-13-15-17-19-21-23-24-25-26-27-28-29-30-31-32-33-34-35-37-38-40-42-44-46-48-50-52-54-61(82)60(78-65(83)55-53-51-49-47-45-43-41-39-36-22-20-18-16-14-12-10-8-6-4-2)59-91-75-71(89)68(86)73(63(57-80)93-75)96-77-72(90)69(87)74(64(58-81)94-77)95-76-70(88)67(85)66(84)62(56-79)92-76/h12,14,18,20,37-38,44,46,52,54,60-64,66-77,79-82,84-90H,3-11,13,15-17,19,21-36,39-43,45,47-51,53,55-59H2,1-2H3,(H,78,83)/b14-12-,20-18-,38-37+,46-44+,54-52+. The number of carbonyl (C=O) groups is 1. The van der Waals surface area contributed by atoms with Crippen molar-refractivity contribution >= 4 is 5.91 Å². The number of amides is 1. The van der Waals surface area contributed by atoms with Crippen molar-refractivity contribution in [3.8, 4) is 0 Å². The molecule has 1 amide bonds. The molecule has 17 unspecified atom stereocenters. The van der Waals surface area contributed by atoms with Crippen molar-refractivity contribution in [3.05, 3.63) is 60.8 Å². The van der Waals surface area contributed by atoms with Crippen molar-refractivity contribution in [1.29, 1.82) is 0 Å². The van der Waals surface area contributed by atoms with E-state index in [9.17, 15) is 61.0 Å². The molecule has 96 heavy (non-hydrogen) atoms. The summed E-state index contributed by atoms with van der Waals surface area (Å²) in [5.74, 6) is -0.293. The Bertz CT molecular complexity index is 1970. The first kappa shape index (κ1) is 87.7. The zero-order valence-electron chi connectivity index (χ0n) is 59.6. The van der Waals surface area contributed by atoms with Crippen LogP contribution in [0.15, 0.2) is 60.8 Å². The Hall–Kier alpha value is -2.51. The second-order valence-corrected chi connectivity index (χ2v) is 27.4. The molecule has 0 saturated carbocycles. The Balaban J connectivity index is 1.40. The maximum Gasteiger partial charge on any atom is 0.220 e. The third-order valence-electron chi connectivity index (χ3n) is 19.0. The van der Waals surface area contributed by atoms with Gasteiger partial charge in [0.25, 0.3) is 0 Å². The average Bonchev–Trinajstić information content (AvgIpc) is 0.798. The van der Waals surface area contributed by atoms with E-state index >= 15 is 0 Å². The lowest BCUT2D eigenvalue weighted by Gasteiger charge is -2.48. The minimum absolute atomic E-state index is 0.225. The summed E-state index contributed by atoms with van der Waals surface area (Å²) in [7, 11) is 0. The normalized spacial score (nSPS) is 27.4. The van der Waals surface area contributed by atoms with Gasteiger partial charge in [-0.25, -0.2) is 0 Å². The highest BCUT2D eigenvalue weighted by molar-refractivity contribution is 5.76. The molecular formula is C77H139NO18. The Kier molecular flexibility index (Phi) is 53.0. The molecule has 3 aliphatic heterocycles. The van der Waals surface area contributed by atoms with Crippen molar-refractivity contribution in [2.45, 2.75) is 394 Å². The van der Waals surface area contributed by atoms with Crippen molar-refractivity contribution in [2.75, 3.05) is 26.4 Å². The van der Waals surface area contributed by atoms with E-state index in [-0.39, 0.29) is 18.9 Å². The number of aliphatic hydroxyl groups is 11. The lowest BCUT2D eigenvalue weighted by Crippen LogP contribution is -2.66. The molecule has 3 rings (SSSR count). The Morgan fingerprint density at radius 2 is 0.698 bits per heavy atom. The van der Waals surface area contributed by atoms with E-state index in [0.717, 1.165) is 64.2 Å². The van der Waals surface area contributed by atoms with Crippen molar-refractivity contribution in [2.24, 2.45) is 0 Å². The molecule has 0 aromatic rings. The molecule has 3 aliphatic rings. The fourth-order valence-electron chi connectivity index (χ4n) is 12.8. The Morgan fingerprint density at radius 3 is 1.12 bits per heavy atom. The first-order valence-electron chi connectivity index (χ1n) is 38.5. The van der Waals surface area contributed by atoms with Gasteiger partial charge < -0.3 is 89.9 Å². The van der Waals surface area contributed by atoms with E-state index in [0.29, 0.717) is 12.8 Å². The monoisotopic (exact) mass is 1370 g/mol. The maximum absolute atomic E-state index is 13.4. The van der Waals surface area contributed by atoms with Crippen LogP contribution in [0.5, 0.6) is 0 Å². The predicted molar refractivity (Wildman–Crippen MR) is 379 cm³/mol. The zero-order chi connectivity index (χ0) is 69.6. The number of nitrogens with one attached hydrogen (secondary N) is 1. The highest BCUT2D eigenvalue weighted by Gasteiger charge is 2.53. The second kappa shape index (κ2) is 58.0. The molecule has 0 aliphatic carbocycles. The summed E-state index contributed by atoms with van der Waals surface area (Å²) >= 11 is 0. The molecule has 3 fully saturated rings. The molecule has 3 heterocycles. The molecule has 3 saturated heterocycles. The van der Waals surface area contributed by atoms with Crippen LogP contribution in [0.3, 0.4) is 0 Å². The Labute approximate surface area is 579 Å². The first-order valence-corrected chi connectivity index (χ1v) is 38.5. The summed E-state index contributed by atoms with van der Waals surface area (Å²) in [5, 5.41) is 121. The zero-order valence-corrected chi connectivity index (χ0v) is 59.6. The van der Waals surface area contributed by atoms with Crippen molar-refractivity contribution < 1.29 is 89.4 Å². The van der Waals surface area contributed by atoms with E-state index < -0.39 is 124 Å². The van der Waals surface area contributed by atoms with Gasteiger partial charge in [-0.05, 0) is 77.0 Å². The van der Waals surface area contributed by atoms with Gasteiger partial charge in [-0.2, -0.15) is 0 Å². The van der Waals surface area contributed by atoms with E-state index in [1.54, 1.807) is 6.08 Å². The van der Waals surface area contributed by atoms with Gasteiger partial charge in [0.2, 0.25) is 5.91 Å². The molecule has 0 aromatic carbocycles. The van der Waals surface area contributed by atoms with Gasteiger partial charge in [-0.1, -0.05) is 267 Å². The van der Waals surface area contributed by atoms with Crippen LogP contribution in [0, 0.1) is 0 Å². The highest BCUT2D eigenvalue weighted by Crippen LogP contribution is 2.33. The van der Waals surface area contributed by atoms with Gasteiger partial charge >= 0.3 is 0 Å². The maximum atomic E-state index is 13.4. The lowest BCUT2D eigenvalue weighted by molar-refractivity contribution is -0.379. The molecule has 17 atom stereocenters. The van der Waals surface area contributed by atoms with E-state index in [4.69, 9.17) is 28.4 Å². The van der Waals surface area contributed by atoms with Gasteiger partial charge in [0, 0.05) is 6.42 Å². The third kappa shape index (κ3) is 38.5. The summed E-state index contributed by atoms with van der Waals surface area (Å²) in [4.78, 5) is 13.4. The van der Waals surface area contributed by atoms with Crippen LogP contribution in [0.25, 0.3) is 0 Å². The van der Waals surface area contributed by atoms with Gasteiger partial charge in [0.15, 0.2) is 18.9 Å². The number of unbranched alkanes of at least 4 members (excludes halogenated alkanes) is 36. The first-order chi connectivity index (χ1) is 46.8. The van der Waals surface area contributed by atoms with Crippen LogP contribution in [-0.4, -0.2) is 193 Å². The third-order valence-corrected chi connectivity index (χ3v) is 19.0. The summed E-state index contributed by atoms with van der Waals surface area (Å²) in [6.45, 7) is 1.70. The number of carbonyl (C=O) groups excluding carboxylic acids is 1. The number of ether oxygens (including phenoxy) is 6. The highest BCUT2D eigenvalue weighted by atomic mass is 16.8. The van der Waals surface area contributed by atoms with Crippen LogP contribution >= 0.6 is 0 Å². The fraction of sp³-hybridized carbons (Fsp3) is 0.857. The van der Waals surface area contributed by atoms with Gasteiger partial charge in [0.05, 0.1) is 38.6 Å². The van der Waals surface area contributed by atoms with Crippen LogP contribution in [-0.2, 0) is 33.2 Å². The summed E-state index contributed by atoms with van der Waals surface area (Å²) in [5.41, 5.74) is 0. The molecular weight excluding hydrogens is 1230 g/mol. The van der Waals surface area contributed by atoms with E-state index in [2.05, 4.69) is 67.8 Å². The quantitative estimate of drug-likeness (QED) is 0.0199. The topological polar surface area (TPSA) is 307 Å². The molecule has 19 nitrogen and oxygen atoms in total. The number of hydrogen-bond acceptors (Lipinski definition) is 18. The number of rotatable bonds is 60. The van der Waals surface area contributed by atoms with E-state index in [1.807, 2.05) is 6.08 Å². The SMILES string of the molecule is CCCCC/C=C\C/C=C\CCCCCCCCCCCC(=O)NC(COC1OC(CO)C(OC2OC(CO)C(OC3OC(CO)C(O)C(O)C3O)C(O)C2O)C(O)C1O)C(O)/C=C/CC/C=C/CC/C=C/CCCCCCCCCCCCCCCCCCCCCCCC. The summed E-state index contributed by atoms with van der Waals surface area (Å²) in [6.07, 6.45) is 46.4. The van der Waals surface area contributed by atoms with Crippen LogP contribution in [0.2, 0.25) is 0 Å².